The average Bonchev–Trinajstić information content (AvgIpc) is 3.20. The number of rotatable bonds is 4. The van der Waals surface area contributed by atoms with E-state index in [2.05, 4.69) is 4.98 Å². The molecule has 0 aromatic carbocycles. The van der Waals surface area contributed by atoms with E-state index in [4.69, 9.17) is 9.47 Å². The number of cyclic esters (lactones) is 1. The summed E-state index contributed by atoms with van der Waals surface area (Å²) in [4.78, 5) is 25.8. The van der Waals surface area contributed by atoms with Gasteiger partial charge in [0, 0.05) is 25.7 Å². The molecule has 2 aliphatic heterocycles. The van der Waals surface area contributed by atoms with Crippen molar-refractivity contribution in [3.8, 4) is 0 Å². The van der Waals surface area contributed by atoms with E-state index in [0.29, 0.717) is 19.5 Å². The molecule has 2 aliphatic rings. The van der Waals surface area contributed by atoms with Crippen molar-refractivity contribution in [1.82, 2.24) is 9.29 Å². The van der Waals surface area contributed by atoms with Crippen LogP contribution in [0.2, 0.25) is 0 Å². The second-order valence-electron chi connectivity index (χ2n) is 5.21. The number of sulfonamides is 1. The van der Waals surface area contributed by atoms with Crippen LogP contribution in [0.3, 0.4) is 0 Å². The lowest BCUT2D eigenvalue weighted by atomic mass is 10.3. The van der Waals surface area contributed by atoms with Gasteiger partial charge in [-0.3, -0.25) is 0 Å². The van der Waals surface area contributed by atoms with E-state index >= 15 is 0 Å². The Morgan fingerprint density at radius 1 is 1.36 bits per heavy atom. The van der Waals surface area contributed by atoms with Gasteiger partial charge in [-0.2, -0.15) is 4.31 Å². The Balaban J connectivity index is 1.73. The first kappa shape index (κ1) is 15.0. The van der Waals surface area contributed by atoms with Gasteiger partial charge in [0.1, 0.15) is 10.6 Å². The Bertz CT molecular complexity index is 689. The highest BCUT2D eigenvalue weighted by Gasteiger charge is 2.32. The Kier molecular flexibility index (Phi) is 3.92. The fourth-order valence-corrected chi connectivity index (χ4v) is 4.01. The number of aromatic nitrogens is 1. The monoisotopic (exact) mass is 328 g/mol. The van der Waals surface area contributed by atoms with E-state index in [1.54, 1.807) is 0 Å². The molecule has 0 bridgehead atoms. The molecular formula is C13H16N2O6S. The summed E-state index contributed by atoms with van der Waals surface area (Å²) >= 11 is 0. The fraction of sp³-hybridized carbons (Fsp3) is 0.538. The number of carbonyl (C=O) groups excluding carboxylic acids is 2. The lowest BCUT2D eigenvalue weighted by Gasteiger charge is -2.13. The van der Waals surface area contributed by atoms with Crippen LogP contribution in [-0.4, -0.2) is 55.4 Å². The second kappa shape index (κ2) is 5.73. The number of ether oxygens (including phenoxy) is 2. The first-order chi connectivity index (χ1) is 10.5. The molecule has 3 rings (SSSR count). The molecule has 22 heavy (non-hydrogen) atoms. The standard InChI is InChI=1S/C13H16N2O6S/c16-12(21-11-3-6-20-13(11)17)10-7-9(8-14-10)22(18,19)15-4-1-2-5-15/h7-8,11,14H,1-6H2/t11-/m1/s1. The molecule has 0 aliphatic carbocycles. The van der Waals surface area contributed by atoms with Crippen molar-refractivity contribution in [3.05, 3.63) is 18.0 Å². The molecule has 3 heterocycles. The van der Waals surface area contributed by atoms with Gasteiger partial charge >= 0.3 is 11.9 Å². The van der Waals surface area contributed by atoms with Gasteiger partial charge in [0.15, 0.2) is 0 Å². The number of nitrogens with one attached hydrogen (secondary N) is 1. The number of nitrogens with zero attached hydrogens (tertiary/aromatic N) is 1. The largest absolute Gasteiger partial charge is 0.463 e. The van der Waals surface area contributed by atoms with Crippen molar-refractivity contribution in [3.63, 3.8) is 0 Å². The molecule has 0 radical (unpaired) electrons. The highest BCUT2D eigenvalue weighted by atomic mass is 32.2. The summed E-state index contributed by atoms with van der Waals surface area (Å²) in [6.07, 6.45) is 2.32. The third-order valence-corrected chi connectivity index (χ3v) is 5.59. The van der Waals surface area contributed by atoms with Gasteiger partial charge in [0.2, 0.25) is 16.1 Å². The van der Waals surface area contributed by atoms with Crippen molar-refractivity contribution >= 4 is 22.0 Å². The molecule has 0 unspecified atom stereocenters. The maximum Gasteiger partial charge on any atom is 0.355 e. The van der Waals surface area contributed by atoms with Crippen molar-refractivity contribution in [2.75, 3.05) is 19.7 Å². The van der Waals surface area contributed by atoms with Crippen LogP contribution >= 0.6 is 0 Å². The van der Waals surface area contributed by atoms with E-state index < -0.39 is 28.1 Å². The van der Waals surface area contributed by atoms with Gasteiger partial charge in [-0.15, -0.1) is 0 Å². The number of esters is 2. The van der Waals surface area contributed by atoms with Gasteiger partial charge in [-0.1, -0.05) is 0 Å². The molecule has 1 atom stereocenters. The summed E-state index contributed by atoms with van der Waals surface area (Å²) < 4.78 is 35.8. The number of hydrogen-bond acceptors (Lipinski definition) is 6. The SMILES string of the molecule is O=C(O[C@@H]1CCOC1=O)c1cc(S(=O)(=O)N2CCCC2)c[nH]1. The number of aromatic amines is 1. The normalized spacial score (nSPS) is 22.7. The van der Waals surface area contributed by atoms with Crippen LogP contribution in [0.4, 0.5) is 0 Å². The third-order valence-electron chi connectivity index (χ3n) is 3.72. The summed E-state index contributed by atoms with van der Waals surface area (Å²) in [7, 11) is -3.59. The van der Waals surface area contributed by atoms with Crippen LogP contribution in [0.1, 0.15) is 29.8 Å². The first-order valence-corrected chi connectivity index (χ1v) is 8.49. The summed E-state index contributed by atoms with van der Waals surface area (Å²) in [5, 5.41) is 0. The molecule has 0 spiro atoms. The van der Waals surface area contributed by atoms with E-state index in [9.17, 15) is 18.0 Å². The van der Waals surface area contributed by atoms with Crippen LogP contribution < -0.4 is 0 Å². The van der Waals surface area contributed by atoms with Crippen molar-refractivity contribution in [2.45, 2.75) is 30.3 Å². The Morgan fingerprint density at radius 3 is 2.73 bits per heavy atom. The Labute approximate surface area is 127 Å². The fourth-order valence-electron chi connectivity index (χ4n) is 2.50. The number of hydrogen-bond donors (Lipinski definition) is 1. The van der Waals surface area contributed by atoms with Crippen LogP contribution in [0.5, 0.6) is 0 Å². The van der Waals surface area contributed by atoms with Gasteiger partial charge in [-0.25, -0.2) is 18.0 Å². The molecule has 8 nitrogen and oxygen atoms in total. The second-order valence-corrected chi connectivity index (χ2v) is 7.15. The Hall–Kier alpha value is -1.87. The van der Waals surface area contributed by atoms with Crippen molar-refractivity contribution < 1.29 is 27.5 Å². The highest BCUT2D eigenvalue weighted by Crippen LogP contribution is 2.22. The first-order valence-electron chi connectivity index (χ1n) is 7.04. The van der Waals surface area contributed by atoms with Gasteiger partial charge < -0.3 is 14.5 Å². The van der Waals surface area contributed by atoms with Crippen molar-refractivity contribution in [2.24, 2.45) is 0 Å². The van der Waals surface area contributed by atoms with Crippen LogP contribution in [-0.2, 0) is 24.3 Å². The minimum Gasteiger partial charge on any atom is -0.463 e. The van der Waals surface area contributed by atoms with E-state index in [1.807, 2.05) is 0 Å². The lowest BCUT2D eigenvalue weighted by Crippen LogP contribution is -2.27. The minimum atomic E-state index is -3.59. The zero-order valence-electron chi connectivity index (χ0n) is 11.8. The third kappa shape index (κ3) is 2.73. The van der Waals surface area contributed by atoms with Crippen LogP contribution in [0.15, 0.2) is 17.2 Å². The van der Waals surface area contributed by atoms with Gasteiger partial charge in [0.25, 0.3) is 0 Å². The highest BCUT2D eigenvalue weighted by molar-refractivity contribution is 7.89. The molecule has 1 aromatic rings. The lowest BCUT2D eigenvalue weighted by molar-refractivity contribution is -0.145. The molecule has 1 N–H and O–H groups in total. The van der Waals surface area contributed by atoms with Gasteiger partial charge in [0.05, 0.1) is 6.61 Å². The van der Waals surface area contributed by atoms with E-state index in [1.165, 1.54) is 16.6 Å². The summed E-state index contributed by atoms with van der Waals surface area (Å²) in [6, 6.07) is 1.23. The van der Waals surface area contributed by atoms with E-state index in [-0.39, 0.29) is 17.2 Å². The van der Waals surface area contributed by atoms with Crippen molar-refractivity contribution in [1.29, 1.82) is 0 Å². The summed E-state index contributed by atoms with van der Waals surface area (Å²) in [6.45, 7) is 1.19. The van der Waals surface area contributed by atoms with Crippen LogP contribution in [0.25, 0.3) is 0 Å². The van der Waals surface area contributed by atoms with Gasteiger partial charge in [-0.05, 0) is 18.9 Å². The maximum absolute atomic E-state index is 12.3. The molecule has 2 saturated heterocycles. The maximum atomic E-state index is 12.3. The molecular weight excluding hydrogens is 312 g/mol. The number of H-pyrrole nitrogens is 1. The predicted octanol–water partition coefficient (Wildman–Crippen LogP) is 0.271. The summed E-state index contributed by atoms with van der Waals surface area (Å²) in [5.74, 6) is -1.35. The number of carbonyl (C=O) groups is 2. The zero-order chi connectivity index (χ0) is 15.7. The smallest absolute Gasteiger partial charge is 0.355 e. The quantitative estimate of drug-likeness (QED) is 0.795. The zero-order valence-corrected chi connectivity index (χ0v) is 12.6. The minimum absolute atomic E-state index is 0.00234. The molecule has 1 aromatic heterocycles. The average molecular weight is 328 g/mol. The summed E-state index contributed by atoms with van der Waals surface area (Å²) in [5.41, 5.74) is -0.00234. The topological polar surface area (TPSA) is 106 Å². The molecule has 120 valence electrons. The predicted molar refractivity (Wildman–Crippen MR) is 73.6 cm³/mol. The molecule has 2 fully saturated rings. The molecule has 0 amide bonds. The molecule has 9 heteroatoms. The molecule has 0 saturated carbocycles. The Morgan fingerprint density at radius 2 is 2.09 bits per heavy atom. The van der Waals surface area contributed by atoms with E-state index in [0.717, 1.165) is 12.8 Å². The van der Waals surface area contributed by atoms with Crippen LogP contribution in [0, 0.1) is 0 Å².